The van der Waals surface area contributed by atoms with E-state index in [0.717, 1.165) is 12.2 Å². The molecule has 102 valence electrons. The van der Waals surface area contributed by atoms with E-state index in [9.17, 15) is 5.11 Å². The molecule has 0 amide bonds. The summed E-state index contributed by atoms with van der Waals surface area (Å²) in [7, 11) is 0. The highest BCUT2D eigenvalue weighted by atomic mass is 16.5. The molecular formula is C16H26O2. The Hall–Kier alpha value is -0.860. The fourth-order valence-corrected chi connectivity index (χ4v) is 2.02. The second-order valence-corrected chi connectivity index (χ2v) is 5.29. The van der Waals surface area contributed by atoms with Gasteiger partial charge in [-0.05, 0) is 31.7 Å². The van der Waals surface area contributed by atoms with Crippen molar-refractivity contribution in [3.8, 4) is 0 Å². The van der Waals surface area contributed by atoms with Crippen LogP contribution in [0.25, 0.3) is 0 Å². The molecule has 0 bridgehead atoms. The van der Waals surface area contributed by atoms with Gasteiger partial charge in [-0.2, -0.15) is 0 Å². The lowest BCUT2D eigenvalue weighted by Gasteiger charge is -2.22. The van der Waals surface area contributed by atoms with E-state index in [0.29, 0.717) is 5.92 Å². The minimum Gasteiger partial charge on any atom is -0.386 e. The summed E-state index contributed by atoms with van der Waals surface area (Å²) in [5.41, 5.74) is 2.13. The van der Waals surface area contributed by atoms with Crippen LogP contribution in [0.2, 0.25) is 0 Å². The molecule has 0 aromatic heterocycles. The Morgan fingerprint density at radius 3 is 2.33 bits per heavy atom. The van der Waals surface area contributed by atoms with Crippen LogP contribution in [0.4, 0.5) is 0 Å². The summed E-state index contributed by atoms with van der Waals surface area (Å²) in [5.74, 6) is 0.558. The van der Waals surface area contributed by atoms with Crippen molar-refractivity contribution in [2.45, 2.75) is 52.7 Å². The van der Waals surface area contributed by atoms with Gasteiger partial charge in [-0.3, -0.25) is 0 Å². The third kappa shape index (κ3) is 4.79. The summed E-state index contributed by atoms with van der Waals surface area (Å²) in [6.45, 7) is 9.07. The topological polar surface area (TPSA) is 29.5 Å². The van der Waals surface area contributed by atoms with Crippen LogP contribution in [-0.4, -0.2) is 17.8 Å². The normalized spacial score (nSPS) is 16.3. The molecule has 3 unspecified atom stereocenters. The third-order valence-corrected chi connectivity index (χ3v) is 3.29. The average molecular weight is 250 g/mol. The van der Waals surface area contributed by atoms with E-state index >= 15 is 0 Å². The van der Waals surface area contributed by atoms with E-state index in [1.165, 1.54) is 18.4 Å². The first-order chi connectivity index (χ1) is 8.54. The zero-order chi connectivity index (χ0) is 13.5. The third-order valence-electron chi connectivity index (χ3n) is 3.29. The van der Waals surface area contributed by atoms with Crippen molar-refractivity contribution >= 4 is 0 Å². The standard InChI is InChI=1S/C16H26O2/c1-5-6-13(3)11-18-14(4)16(17)15-9-7-12(2)8-10-15/h7-10,13-14,16-17H,5-6,11H2,1-4H3. The molecule has 0 saturated carbocycles. The Labute approximate surface area is 111 Å². The maximum Gasteiger partial charge on any atom is 0.105 e. The molecule has 1 rings (SSSR count). The Bertz CT molecular complexity index is 331. The minimum atomic E-state index is -0.542. The summed E-state index contributed by atoms with van der Waals surface area (Å²) in [6, 6.07) is 7.97. The van der Waals surface area contributed by atoms with Crippen molar-refractivity contribution in [1.82, 2.24) is 0 Å². The predicted octanol–water partition coefficient (Wildman–Crippen LogP) is 3.87. The van der Waals surface area contributed by atoms with Crippen LogP contribution in [-0.2, 0) is 4.74 Å². The van der Waals surface area contributed by atoms with E-state index in [2.05, 4.69) is 13.8 Å². The van der Waals surface area contributed by atoms with Crippen LogP contribution in [0, 0.1) is 12.8 Å². The van der Waals surface area contributed by atoms with E-state index in [4.69, 9.17) is 4.74 Å². The fourth-order valence-electron chi connectivity index (χ4n) is 2.02. The Kier molecular flexibility index (Phi) is 6.37. The summed E-state index contributed by atoms with van der Waals surface area (Å²) in [5, 5.41) is 10.2. The SMILES string of the molecule is CCCC(C)COC(C)C(O)c1ccc(C)cc1. The molecule has 0 fully saturated rings. The monoisotopic (exact) mass is 250 g/mol. The summed E-state index contributed by atoms with van der Waals surface area (Å²) in [6.07, 6.45) is 1.65. The Morgan fingerprint density at radius 1 is 1.17 bits per heavy atom. The molecule has 18 heavy (non-hydrogen) atoms. The van der Waals surface area contributed by atoms with Gasteiger partial charge in [-0.1, -0.05) is 50.1 Å². The van der Waals surface area contributed by atoms with Crippen molar-refractivity contribution in [3.63, 3.8) is 0 Å². The highest BCUT2D eigenvalue weighted by molar-refractivity contribution is 5.23. The lowest BCUT2D eigenvalue weighted by atomic mass is 10.0. The second kappa shape index (κ2) is 7.55. The summed E-state index contributed by atoms with van der Waals surface area (Å²) in [4.78, 5) is 0. The molecule has 1 aromatic carbocycles. The zero-order valence-corrected chi connectivity index (χ0v) is 12.0. The highest BCUT2D eigenvalue weighted by Gasteiger charge is 2.17. The molecule has 0 saturated heterocycles. The van der Waals surface area contributed by atoms with Gasteiger partial charge < -0.3 is 9.84 Å². The van der Waals surface area contributed by atoms with E-state index < -0.39 is 6.10 Å². The van der Waals surface area contributed by atoms with Gasteiger partial charge in [0.2, 0.25) is 0 Å². The number of aliphatic hydroxyl groups excluding tert-OH is 1. The van der Waals surface area contributed by atoms with Gasteiger partial charge in [-0.25, -0.2) is 0 Å². The van der Waals surface area contributed by atoms with Crippen LogP contribution in [0.3, 0.4) is 0 Å². The maximum absolute atomic E-state index is 10.2. The van der Waals surface area contributed by atoms with Gasteiger partial charge in [0.05, 0.1) is 6.10 Å². The molecule has 1 aromatic rings. The molecule has 2 heteroatoms. The largest absolute Gasteiger partial charge is 0.386 e. The van der Waals surface area contributed by atoms with Crippen LogP contribution in [0.1, 0.15) is 50.8 Å². The van der Waals surface area contributed by atoms with Crippen molar-refractivity contribution in [2.24, 2.45) is 5.92 Å². The van der Waals surface area contributed by atoms with Crippen LogP contribution >= 0.6 is 0 Å². The lowest BCUT2D eigenvalue weighted by Crippen LogP contribution is -2.21. The van der Waals surface area contributed by atoms with Crippen molar-refractivity contribution in [2.75, 3.05) is 6.61 Å². The molecule has 0 aliphatic carbocycles. The first-order valence-electron chi connectivity index (χ1n) is 6.90. The smallest absolute Gasteiger partial charge is 0.105 e. The number of rotatable bonds is 7. The van der Waals surface area contributed by atoms with Gasteiger partial charge in [0.1, 0.15) is 6.10 Å². The Balaban J connectivity index is 2.45. The van der Waals surface area contributed by atoms with Gasteiger partial charge in [0.25, 0.3) is 0 Å². The summed E-state index contributed by atoms with van der Waals surface area (Å²) < 4.78 is 5.75. The first kappa shape index (κ1) is 15.2. The van der Waals surface area contributed by atoms with Crippen molar-refractivity contribution in [1.29, 1.82) is 0 Å². The van der Waals surface area contributed by atoms with Gasteiger partial charge in [-0.15, -0.1) is 0 Å². The molecule has 0 heterocycles. The number of aliphatic hydroxyl groups is 1. The number of ether oxygens (including phenoxy) is 1. The van der Waals surface area contributed by atoms with E-state index in [-0.39, 0.29) is 6.10 Å². The first-order valence-corrected chi connectivity index (χ1v) is 6.90. The molecule has 0 spiro atoms. The van der Waals surface area contributed by atoms with Crippen LogP contribution in [0.5, 0.6) is 0 Å². The molecule has 0 radical (unpaired) electrons. The summed E-state index contributed by atoms with van der Waals surface area (Å²) >= 11 is 0. The number of aryl methyl sites for hydroxylation is 1. The van der Waals surface area contributed by atoms with Crippen LogP contribution in [0.15, 0.2) is 24.3 Å². The number of hydrogen-bond acceptors (Lipinski definition) is 2. The molecule has 2 nitrogen and oxygen atoms in total. The fraction of sp³-hybridized carbons (Fsp3) is 0.625. The molecule has 3 atom stereocenters. The minimum absolute atomic E-state index is 0.160. The number of benzene rings is 1. The van der Waals surface area contributed by atoms with Crippen LogP contribution < -0.4 is 0 Å². The van der Waals surface area contributed by atoms with Crippen molar-refractivity contribution < 1.29 is 9.84 Å². The average Bonchev–Trinajstić information content (AvgIpc) is 2.36. The molecule has 0 aliphatic heterocycles. The maximum atomic E-state index is 10.2. The number of hydrogen-bond donors (Lipinski definition) is 1. The highest BCUT2D eigenvalue weighted by Crippen LogP contribution is 2.20. The Morgan fingerprint density at radius 2 is 1.78 bits per heavy atom. The van der Waals surface area contributed by atoms with E-state index in [1.54, 1.807) is 0 Å². The van der Waals surface area contributed by atoms with Gasteiger partial charge in [0.15, 0.2) is 0 Å². The zero-order valence-electron chi connectivity index (χ0n) is 12.0. The second-order valence-electron chi connectivity index (χ2n) is 5.29. The molecular weight excluding hydrogens is 224 g/mol. The quantitative estimate of drug-likeness (QED) is 0.796. The lowest BCUT2D eigenvalue weighted by molar-refractivity contribution is -0.0396. The molecule has 0 aliphatic rings. The van der Waals surface area contributed by atoms with Gasteiger partial charge >= 0.3 is 0 Å². The predicted molar refractivity (Wildman–Crippen MR) is 75.6 cm³/mol. The van der Waals surface area contributed by atoms with E-state index in [1.807, 2.05) is 38.1 Å². The van der Waals surface area contributed by atoms with Gasteiger partial charge in [0, 0.05) is 6.61 Å². The van der Waals surface area contributed by atoms with Crippen molar-refractivity contribution in [3.05, 3.63) is 35.4 Å². The molecule has 1 N–H and O–H groups in total.